The van der Waals surface area contributed by atoms with E-state index in [1.165, 1.54) is 25.2 Å². The van der Waals surface area contributed by atoms with Gasteiger partial charge in [0.15, 0.2) is 5.76 Å². The fraction of sp³-hybridized carbons (Fsp3) is 0.375. The number of nitrogens with zero attached hydrogens (tertiary/aromatic N) is 3. The van der Waals surface area contributed by atoms with Crippen LogP contribution in [0.3, 0.4) is 0 Å². The van der Waals surface area contributed by atoms with Gasteiger partial charge in [0, 0.05) is 25.1 Å². The summed E-state index contributed by atoms with van der Waals surface area (Å²) in [6, 6.07) is 4.67. The Balaban J connectivity index is 1.73. The Hall–Kier alpha value is -2.79. The Morgan fingerprint density at radius 3 is 2.78 bits per heavy atom. The molecule has 1 saturated carbocycles. The fourth-order valence-corrected chi connectivity index (χ4v) is 3.73. The number of carbonyl (C=O) groups excluding carboxylic acids is 1. The molecule has 1 aliphatic carbocycles. The summed E-state index contributed by atoms with van der Waals surface area (Å²) in [4.78, 5) is 22.2. The first-order valence-electron chi connectivity index (χ1n) is 8.17. The van der Waals surface area contributed by atoms with Gasteiger partial charge in [-0.2, -0.15) is 4.31 Å². The predicted octanol–water partition coefficient (Wildman–Crippen LogP) is 2.03. The number of carbonyl (C=O) groups is 1. The molecule has 0 saturated heterocycles. The second kappa shape index (κ2) is 7.08. The first-order chi connectivity index (χ1) is 12.7. The van der Waals surface area contributed by atoms with Crippen LogP contribution in [0.15, 0.2) is 33.7 Å². The Morgan fingerprint density at radius 2 is 2.15 bits per heavy atom. The first-order valence-corrected chi connectivity index (χ1v) is 9.61. The molecule has 1 N–H and O–H groups in total. The molecule has 10 nitrogen and oxygen atoms in total. The number of hydrogen-bond acceptors (Lipinski definition) is 7. The van der Waals surface area contributed by atoms with Gasteiger partial charge in [-0.15, -0.1) is 0 Å². The molecule has 0 bridgehead atoms. The number of benzene rings is 1. The number of likely N-dealkylation sites (N-methyl/N-ethyl adjacent to an activating group) is 1. The van der Waals surface area contributed by atoms with E-state index in [1.54, 1.807) is 6.92 Å². The van der Waals surface area contributed by atoms with Crippen LogP contribution >= 0.6 is 0 Å². The number of nitrogens with one attached hydrogen (secondary N) is 1. The Labute approximate surface area is 155 Å². The molecular formula is C16H18N4O6S. The quantitative estimate of drug-likeness (QED) is 0.560. The summed E-state index contributed by atoms with van der Waals surface area (Å²) < 4.78 is 31.3. The molecule has 27 heavy (non-hydrogen) atoms. The monoisotopic (exact) mass is 394 g/mol. The summed E-state index contributed by atoms with van der Waals surface area (Å²) in [6.07, 6.45) is 1.91. The normalized spacial score (nSPS) is 14.3. The minimum Gasteiger partial charge on any atom is -0.359 e. The number of nitro groups is 1. The van der Waals surface area contributed by atoms with Crippen molar-refractivity contribution in [3.8, 4) is 0 Å². The molecule has 0 atom stereocenters. The van der Waals surface area contributed by atoms with E-state index in [1.807, 2.05) is 0 Å². The Bertz CT molecular complexity index is 996. The summed E-state index contributed by atoms with van der Waals surface area (Å²) in [6.45, 7) is 1.23. The Kier molecular flexibility index (Phi) is 4.98. The second-order valence-electron chi connectivity index (χ2n) is 6.35. The number of aryl methyl sites for hydroxylation is 1. The van der Waals surface area contributed by atoms with Crippen molar-refractivity contribution < 1.29 is 22.7 Å². The number of amides is 1. The van der Waals surface area contributed by atoms with E-state index in [0.717, 1.165) is 23.2 Å². The zero-order valence-corrected chi connectivity index (χ0v) is 15.5. The van der Waals surface area contributed by atoms with Crippen molar-refractivity contribution in [3.63, 3.8) is 0 Å². The average molecular weight is 394 g/mol. The standard InChI is InChI=1S/C16H18N4O6S/c1-10-15(16(26-18-10)11-6-7-11)17-14(21)9-19(2)27(24,25)13-5-3-4-12(8-13)20(22)23/h3-5,8,11H,6-7,9H2,1-2H3,(H,17,21). The number of nitro benzene ring substituents is 1. The predicted molar refractivity (Wildman–Crippen MR) is 94.8 cm³/mol. The second-order valence-corrected chi connectivity index (χ2v) is 8.39. The average Bonchev–Trinajstić information content (AvgIpc) is 3.40. The molecule has 1 fully saturated rings. The molecule has 144 valence electrons. The molecule has 1 aromatic heterocycles. The fourth-order valence-electron chi connectivity index (χ4n) is 2.57. The first kappa shape index (κ1) is 19.0. The van der Waals surface area contributed by atoms with Crippen LogP contribution < -0.4 is 5.32 Å². The molecule has 1 aliphatic rings. The van der Waals surface area contributed by atoms with Crippen LogP contribution in [0, 0.1) is 17.0 Å². The zero-order chi connectivity index (χ0) is 19.8. The highest BCUT2D eigenvalue weighted by Crippen LogP contribution is 2.44. The van der Waals surface area contributed by atoms with Gasteiger partial charge in [-0.3, -0.25) is 14.9 Å². The van der Waals surface area contributed by atoms with Crippen molar-refractivity contribution in [2.24, 2.45) is 0 Å². The van der Waals surface area contributed by atoms with Gasteiger partial charge in [0.1, 0.15) is 11.4 Å². The highest BCUT2D eigenvalue weighted by molar-refractivity contribution is 7.89. The third-order valence-electron chi connectivity index (χ3n) is 4.20. The summed E-state index contributed by atoms with van der Waals surface area (Å²) >= 11 is 0. The molecule has 2 aromatic rings. The van der Waals surface area contributed by atoms with Crippen LogP contribution in [0.25, 0.3) is 0 Å². The van der Waals surface area contributed by atoms with Gasteiger partial charge in [-0.25, -0.2) is 8.42 Å². The topological polar surface area (TPSA) is 136 Å². The molecule has 0 spiro atoms. The number of aromatic nitrogens is 1. The molecule has 3 rings (SSSR count). The van der Waals surface area contributed by atoms with Gasteiger partial charge in [-0.05, 0) is 25.8 Å². The summed E-state index contributed by atoms with van der Waals surface area (Å²) in [5.41, 5.74) is 0.654. The van der Waals surface area contributed by atoms with E-state index in [2.05, 4.69) is 10.5 Å². The molecule has 1 amide bonds. The maximum absolute atomic E-state index is 12.6. The van der Waals surface area contributed by atoms with Gasteiger partial charge in [-0.1, -0.05) is 11.2 Å². The minimum absolute atomic E-state index is 0.229. The van der Waals surface area contributed by atoms with E-state index in [-0.39, 0.29) is 16.5 Å². The van der Waals surface area contributed by atoms with Crippen LogP contribution in [0.4, 0.5) is 11.4 Å². The van der Waals surface area contributed by atoms with Crippen molar-refractivity contribution in [1.29, 1.82) is 0 Å². The van der Waals surface area contributed by atoms with Crippen LogP contribution in [0.1, 0.15) is 30.2 Å². The summed E-state index contributed by atoms with van der Waals surface area (Å²) in [7, 11) is -2.83. The molecule has 1 heterocycles. The third-order valence-corrected chi connectivity index (χ3v) is 6.00. The maximum atomic E-state index is 12.6. The lowest BCUT2D eigenvalue weighted by Gasteiger charge is -2.16. The largest absolute Gasteiger partial charge is 0.359 e. The van der Waals surface area contributed by atoms with Crippen molar-refractivity contribution >= 4 is 27.3 Å². The molecule has 11 heteroatoms. The molecule has 1 aromatic carbocycles. The van der Waals surface area contributed by atoms with E-state index in [9.17, 15) is 23.3 Å². The van der Waals surface area contributed by atoms with Gasteiger partial charge in [0.2, 0.25) is 15.9 Å². The van der Waals surface area contributed by atoms with Gasteiger partial charge in [0.25, 0.3) is 5.69 Å². The van der Waals surface area contributed by atoms with Crippen LogP contribution in [0.5, 0.6) is 0 Å². The van der Waals surface area contributed by atoms with Crippen molar-refractivity contribution in [3.05, 3.63) is 45.8 Å². The number of sulfonamides is 1. The lowest BCUT2D eigenvalue weighted by molar-refractivity contribution is -0.385. The highest BCUT2D eigenvalue weighted by atomic mass is 32.2. The van der Waals surface area contributed by atoms with E-state index < -0.39 is 27.4 Å². The van der Waals surface area contributed by atoms with E-state index >= 15 is 0 Å². The maximum Gasteiger partial charge on any atom is 0.270 e. The van der Waals surface area contributed by atoms with Crippen molar-refractivity contribution in [2.75, 3.05) is 18.9 Å². The van der Waals surface area contributed by atoms with Crippen molar-refractivity contribution in [1.82, 2.24) is 9.46 Å². The number of anilines is 1. The zero-order valence-electron chi connectivity index (χ0n) is 14.7. The van der Waals surface area contributed by atoms with E-state index in [0.29, 0.717) is 17.1 Å². The van der Waals surface area contributed by atoms with E-state index in [4.69, 9.17) is 4.52 Å². The minimum atomic E-state index is -4.06. The van der Waals surface area contributed by atoms with Gasteiger partial charge >= 0.3 is 0 Å². The molecule has 0 radical (unpaired) electrons. The van der Waals surface area contributed by atoms with Crippen LogP contribution in [-0.2, 0) is 14.8 Å². The lowest BCUT2D eigenvalue weighted by atomic mass is 10.2. The summed E-state index contributed by atoms with van der Waals surface area (Å²) in [5.74, 6) is 0.276. The lowest BCUT2D eigenvalue weighted by Crippen LogP contribution is -2.35. The molecule has 0 aliphatic heterocycles. The van der Waals surface area contributed by atoms with Crippen molar-refractivity contribution in [2.45, 2.75) is 30.6 Å². The smallest absolute Gasteiger partial charge is 0.270 e. The third kappa shape index (κ3) is 3.98. The number of non-ortho nitro benzene ring substituents is 1. The number of rotatable bonds is 7. The summed E-state index contributed by atoms with van der Waals surface area (Å²) in [5, 5.41) is 17.3. The highest BCUT2D eigenvalue weighted by Gasteiger charge is 2.33. The Morgan fingerprint density at radius 1 is 1.44 bits per heavy atom. The molecule has 0 unspecified atom stereocenters. The van der Waals surface area contributed by atoms with Crippen LogP contribution in [0.2, 0.25) is 0 Å². The van der Waals surface area contributed by atoms with Crippen LogP contribution in [-0.4, -0.2) is 42.3 Å². The SMILES string of the molecule is Cc1noc(C2CC2)c1NC(=O)CN(C)S(=O)(=O)c1cccc([N+](=O)[O-])c1. The number of hydrogen-bond donors (Lipinski definition) is 1. The van der Waals surface area contributed by atoms with Gasteiger partial charge < -0.3 is 9.84 Å². The van der Waals surface area contributed by atoms with Gasteiger partial charge in [0.05, 0.1) is 16.4 Å². The molecular weight excluding hydrogens is 376 g/mol.